The lowest BCUT2D eigenvalue weighted by Crippen LogP contribution is -2.48. The van der Waals surface area contributed by atoms with E-state index in [9.17, 15) is 19.2 Å². The van der Waals surface area contributed by atoms with Crippen LogP contribution < -0.4 is 5.32 Å². The molecule has 1 aromatic rings. The molecule has 3 rings (SSSR count). The molecule has 2 aliphatic heterocycles. The molecule has 0 aliphatic carbocycles. The summed E-state index contributed by atoms with van der Waals surface area (Å²) in [6.45, 7) is 2.81. The summed E-state index contributed by atoms with van der Waals surface area (Å²) in [7, 11) is 0. The number of imide groups is 1. The van der Waals surface area contributed by atoms with Crippen molar-refractivity contribution in [2.75, 3.05) is 19.6 Å². The Hall–Kier alpha value is -2.41. The van der Waals surface area contributed by atoms with Crippen LogP contribution in [0.2, 0.25) is 0 Å². The summed E-state index contributed by atoms with van der Waals surface area (Å²) in [5, 5.41) is 2.38. The number of carbonyl (C=O) groups excluding carboxylic acids is 4. The average molecular weight is 392 g/mol. The van der Waals surface area contributed by atoms with Crippen molar-refractivity contribution in [3.05, 3.63) is 35.4 Å². The van der Waals surface area contributed by atoms with Crippen LogP contribution in [0.4, 0.5) is 0 Å². The summed E-state index contributed by atoms with van der Waals surface area (Å²) in [6.07, 6.45) is 1.38. The first-order chi connectivity index (χ1) is 12.9. The number of rotatable bonds is 5. The van der Waals surface area contributed by atoms with E-state index in [1.54, 1.807) is 36.1 Å². The zero-order chi connectivity index (χ0) is 19.6. The summed E-state index contributed by atoms with van der Waals surface area (Å²) < 4.78 is 0. The van der Waals surface area contributed by atoms with Crippen molar-refractivity contribution in [3.63, 3.8) is 0 Å². The van der Waals surface area contributed by atoms with Crippen LogP contribution in [0.25, 0.3) is 0 Å². The fourth-order valence-corrected chi connectivity index (χ4v) is 3.59. The van der Waals surface area contributed by atoms with Crippen LogP contribution in [0.15, 0.2) is 24.3 Å². The Kier molecular flexibility index (Phi) is 5.79. The highest BCUT2D eigenvalue weighted by Crippen LogP contribution is 2.22. The number of likely N-dealkylation sites (tertiary alicyclic amines) is 1. The van der Waals surface area contributed by atoms with Crippen LogP contribution in [0.3, 0.4) is 0 Å². The molecule has 0 spiro atoms. The van der Waals surface area contributed by atoms with Gasteiger partial charge >= 0.3 is 0 Å². The van der Waals surface area contributed by atoms with Gasteiger partial charge in [0.05, 0.1) is 11.1 Å². The first kappa shape index (κ1) is 19.4. The summed E-state index contributed by atoms with van der Waals surface area (Å²) >= 11 is 5.82. The van der Waals surface area contributed by atoms with E-state index in [4.69, 9.17) is 11.6 Å². The maximum Gasteiger partial charge on any atom is 0.261 e. The fourth-order valence-electron chi connectivity index (χ4n) is 3.45. The Morgan fingerprint density at radius 3 is 2.22 bits per heavy atom. The number of carbonyl (C=O) groups is 4. The summed E-state index contributed by atoms with van der Waals surface area (Å²) in [6, 6.07) is 6.64. The Morgan fingerprint density at radius 2 is 1.70 bits per heavy atom. The number of fused-ring (bicyclic) bond motifs is 1. The monoisotopic (exact) mass is 391 g/mol. The Balaban J connectivity index is 1.46. The number of hydrogen-bond donors (Lipinski definition) is 1. The molecule has 1 atom stereocenters. The van der Waals surface area contributed by atoms with Gasteiger partial charge < -0.3 is 10.2 Å². The number of nitrogens with zero attached hydrogens (tertiary/aromatic N) is 2. The van der Waals surface area contributed by atoms with Gasteiger partial charge in [-0.05, 0) is 31.9 Å². The van der Waals surface area contributed by atoms with Crippen LogP contribution >= 0.6 is 11.6 Å². The minimum Gasteiger partial charge on any atom is -0.353 e. The van der Waals surface area contributed by atoms with Crippen molar-refractivity contribution < 1.29 is 19.2 Å². The van der Waals surface area contributed by atoms with E-state index in [2.05, 4.69) is 5.32 Å². The zero-order valence-electron chi connectivity index (χ0n) is 15.1. The first-order valence-electron chi connectivity index (χ1n) is 9.06. The van der Waals surface area contributed by atoms with Gasteiger partial charge in [0.2, 0.25) is 11.8 Å². The van der Waals surface area contributed by atoms with Crippen molar-refractivity contribution in [2.45, 2.75) is 37.6 Å². The van der Waals surface area contributed by atoms with Crippen molar-refractivity contribution in [1.82, 2.24) is 15.1 Å². The number of alkyl halides is 1. The Labute approximate surface area is 162 Å². The number of benzene rings is 1. The molecule has 1 saturated heterocycles. The number of nitrogens with one attached hydrogen (secondary N) is 1. The number of hydrogen-bond acceptors (Lipinski definition) is 4. The highest BCUT2D eigenvalue weighted by Gasteiger charge is 2.35. The Morgan fingerprint density at radius 1 is 1.15 bits per heavy atom. The van der Waals surface area contributed by atoms with Gasteiger partial charge in [-0.2, -0.15) is 0 Å². The van der Waals surface area contributed by atoms with Crippen molar-refractivity contribution in [2.24, 2.45) is 0 Å². The van der Waals surface area contributed by atoms with E-state index < -0.39 is 5.38 Å². The lowest BCUT2D eigenvalue weighted by molar-refractivity contribution is -0.131. The largest absolute Gasteiger partial charge is 0.353 e. The molecule has 1 aromatic carbocycles. The third-order valence-electron chi connectivity index (χ3n) is 4.95. The maximum absolute atomic E-state index is 12.3. The molecule has 8 heteroatoms. The van der Waals surface area contributed by atoms with Crippen LogP contribution in [0.5, 0.6) is 0 Å². The van der Waals surface area contributed by atoms with Crippen molar-refractivity contribution in [3.8, 4) is 0 Å². The lowest BCUT2D eigenvalue weighted by Gasteiger charge is -2.33. The van der Waals surface area contributed by atoms with Gasteiger partial charge in [0.1, 0.15) is 5.38 Å². The second-order valence-corrected chi connectivity index (χ2v) is 7.50. The second kappa shape index (κ2) is 8.08. The molecule has 2 heterocycles. The van der Waals surface area contributed by atoms with Gasteiger partial charge in [-0.3, -0.25) is 24.1 Å². The quantitative estimate of drug-likeness (QED) is 0.607. The van der Waals surface area contributed by atoms with Crippen LogP contribution in [0, 0.1) is 0 Å². The molecule has 0 bridgehead atoms. The molecule has 144 valence electrons. The van der Waals surface area contributed by atoms with Crippen molar-refractivity contribution in [1.29, 1.82) is 0 Å². The van der Waals surface area contributed by atoms with Crippen LogP contribution in [0.1, 0.15) is 46.9 Å². The number of amides is 4. The molecule has 1 unspecified atom stereocenters. The van der Waals surface area contributed by atoms with E-state index in [1.165, 1.54) is 0 Å². The molecule has 0 saturated carbocycles. The summed E-state index contributed by atoms with van der Waals surface area (Å²) in [5.74, 6) is -1.01. The van der Waals surface area contributed by atoms with Gasteiger partial charge in [0, 0.05) is 32.1 Å². The van der Waals surface area contributed by atoms with Crippen LogP contribution in [-0.2, 0) is 9.59 Å². The average Bonchev–Trinajstić information content (AvgIpc) is 2.91. The molecule has 2 aliphatic rings. The zero-order valence-corrected chi connectivity index (χ0v) is 15.9. The molecule has 7 nitrogen and oxygen atoms in total. The van der Waals surface area contributed by atoms with Gasteiger partial charge in [-0.1, -0.05) is 12.1 Å². The third kappa shape index (κ3) is 4.13. The van der Waals surface area contributed by atoms with E-state index in [0.717, 1.165) is 4.90 Å². The molecule has 0 aromatic heterocycles. The minimum absolute atomic E-state index is 0.0191. The normalized spacial score (nSPS) is 18.4. The van der Waals surface area contributed by atoms with E-state index in [0.29, 0.717) is 37.1 Å². The van der Waals surface area contributed by atoms with Gasteiger partial charge in [-0.15, -0.1) is 11.6 Å². The molecular weight excluding hydrogens is 370 g/mol. The fraction of sp³-hybridized carbons (Fsp3) is 0.474. The van der Waals surface area contributed by atoms with Gasteiger partial charge in [0.25, 0.3) is 11.8 Å². The predicted octanol–water partition coefficient (Wildman–Crippen LogP) is 1.41. The summed E-state index contributed by atoms with van der Waals surface area (Å²) in [4.78, 5) is 51.5. The van der Waals surface area contributed by atoms with Gasteiger partial charge in [-0.25, -0.2) is 0 Å². The molecule has 4 amide bonds. The third-order valence-corrected chi connectivity index (χ3v) is 5.14. The highest BCUT2D eigenvalue weighted by molar-refractivity contribution is 6.30. The van der Waals surface area contributed by atoms with Crippen molar-refractivity contribution >= 4 is 35.2 Å². The SMILES string of the molecule is CC(Cl)C(=O)N1CCC(NC(=O)CCN2C(=O)c3ccccc3C2=O)CC1. The minimum atomic E-state index is -0.546. The molecule has 1 fully saturated rings. The van der Waals surface area contributed by atoms with E-state index in [-0.39, 0.29) is 42.6 Å². The standard InChI is InChI=1S/C19H22ClN3O4/c1-12(20)17(25)22-9-6-13(7-10-22)21-16(24)8-11-23-18(26)14-4-2-3-5-15(14)19(23)27/h2-5,12-13H,6-11H2,1H3,(H,21,24). The molecule has 1 N–H and O–H groups in total. The van der Waals surface area contributed by atoms with Gasteiger partial charge in [0.15, 0.2) is 0 Å². The first-order valence-corrected chi connectivity index (χ1v) is 9.49. The maximum atomic E-state index is 12.3. The predicted molar refractivity (Wildman–Crippen MR) is 99.5 cm³/mol. The number of halogens is 1. The molecule has 0 radical (unpaired) electrons. The van der Waals surface area contributed by atoms with E-state index in [1.807, 2.05) is 0 Å². The Bertz CT molecular complexity index is 737. The topological polar surface area (TPSA) is 86.8 Å². The molecule has 27 heavy (non-hydrogen) atoms. The molecular formula is C19H22ClN3O4. The van der Waals surface area contributed by atoms with Crippen LogP contribution in [-0.4, -0.2) is 64.5 Å². The smallest absolute Gasteiger partial charge is 0.261 e. The lowest BCUT2D eigenvalue weighted by atomic mass is 10.0. The second-order valence-electron chi connectivity index (χ2n) is 6.84. The number of piperidine rings is 1. The van der Waals surface area contributed by atoms with E-state index >= 15 is 0 Å². The highest BCUT2D eigenvalue weighted by atomic mass is 35.5. The summed E-state index contributed by atoms with van der Waals surface area (Å²) in [5.41, 5.74) is 0.766.